The fourth-order valence-corrected chi connectivity index (χ4v) is 4.08. The van der Waals surface area contributed by atoms with Gasteiger partial charge >= 0.3 is 0 Å². The zero-order chi connectivity index (χ0) is 19.5. The van der Waals surface area contributed by atoms with Crippen molar-refractivity contribution < 1.29 is 17.7 Å². The molecule has 2 aromatic rings. The SMILES string of the molecule is Cc1ccc(CC(C)(C)NC(=O)CNS(=O)(=O)c2c(C)noc2C)cc1. The predicted molar refractivity (Wildman–Crippen MR) is 98.3 cm³/mol. The molecule has 2 rings (SSSR count). The molecule has 0 atom stereocenters. The van der Waals surface area contributed by atoms with Gasteiger partial charge in [-0.3, -0.25) is 4.79 Å². The highest BCUT2D eigenvalue weighted by molar-refractivity contribution is 7.89. The van der Waals surface area contributed by atoms with Crippen LogP contribution in [0.5, 0.6) is 0 Å². The molecule has 0 aliphatic rings. The summed E-state index contributed by atoms with van der Waals surface area (Å²) in [7, 11) is -3.86. The first-order chi connectivity index (χ1) is 12.0. The number of benzene rings is 1. The van der Waals surface area contributed by atoms with E-state index in [-0.39, 0.29) is 22.9 Å². The van der Waals surface area contributed by atoms with Gasteiger partial charge < -0.3 is 9.84 Å². The standard InChI is InChI=1S/C18H25N3O4S/c1-12-6-8-15(9-7-12)10-18(4,5)20-16(22)11-19-26(23,24)17-13(2)21-25-14(17)3/h6-9,19H,10-11H2,1-5H3,(H,20,22). The molecule has 0 saturated carbocycles. The Bertz CT molecular complexity index is 864. The summed E-state index contributed by atoms with van der Waals surface area (Å²) >= 11 is 0. The highest BCUT2D eigenvalue weighted by Crippen LogP contribution is 2.18. The lowest BCUT2D eigenvalue weighted by Crippen LogP contribution is -2.49. The largest absolute Gasteiger partial charge is 0.360 e. The lowest BCUT2D eigenvalue weighted by atomic mass is 9.94. The summed E-state index contributed by atoms with van der Waals surface area (Å²) in [5.41, 5.74) is 2.01. The first-order valence-electron chi connectivity index (χ1n) is 8.29. The van der Waals surface area contributed by atoms with Gasteiger partial charge in [0.2, 0.25) is 15.9 Å². The van der Waals surface area contributed by atoms with E-state index < -0.39 is 21.5 Å². The van der Waals surface area contributed by atoms with E-state index in [2.05, 4.69) is 15.2 Å². The minimum absolute atomic E-state index is 0.0239. The molecule has 0 aliphatic carbocycles. The highest BCUT2D eigenvalue weighted by Gasteiger charge is 2.26. The lowest BCUT2D eigenvalue weighted by molar-refractivity contribution is -0.121. The van der Waals surface area contributed by atoms with Crippen molar-refractivity contribution in [1.82, 2.24) is 15.2 Å². The highest BCUT2D eigenvalue weighted by atomic mass is 32.2. The monoisotopic (exact) mass is 379 g/mol. The van der Waals surface area contributed by atoms with E-state index in [0.717, 1.165) is 5.56 Å². The minimum atomic E-state index is -3.86. The zero-order valence-corrected chi connectivity index (χ0v) is 16.5. The number of hydrogen-bond donors (Lipinski definition) is 2. The molecule has 1 aromatic carbocycles. The van der Waals surface area contributed by atoms with Crippen LogP contribution in [0.25, 0.3) is 0 Å². The molecule has 142 valence electrons. The Labute approximate surface area is 154 Å². The second-order valence-electron chi connectivity index (χ2n) is 7.07. The molecular weight excluding hydrogens is 354 g/mol. The van der Waals surface area contributed by atoms with Crippen LogP contribution in [0.3, 0.4) is 0 Å². The van der Waals surface area contributed by atoms with Crippen molar-refractivity contribution in [2.45, 2.75) is 51.5 Å². The van der Waals surface area contributed by atoms with Crippen molar-refractivity contribution in [2.75, 3.05) is 6.54 Å². The molecule has 8 heteroatoms. The third-order valence-corrected chi connectivity index (χ3v) is 5.55. The van der Waals surface area contributed by atoms with Gasteiger partial charge in [-0.15, -0.1) is 0 Å². The third-order valence-electron chi connectivity index (χ3n) is 3.90. The minimum Gasteiger partial charge on any atom is -0.360 e. The van der Waals surface area contributed by atoms with Gasteiger partial charge in [0, 0.05) is 5.54 Å². The maximum Gasteiger partial charge on any atom is 0.246 e. The number of rotatable bonds is 7. The summed E-state index contributed by atoms with van der Waals surface area (Å²) < 4.78 is 31.8. The van der Waals surface area contributed by atoms with Crippen LogP contribution < -0.4 is 10.0 Å². The first kappa shape index (κ1) is 20.1. The fraction of sp³-hybridized carbons (Fsp3) is 0.444. The molecule has 0 spiro atoms. The number of sulfonamides is 1. The normalized spacial score (nSPS) is 12.2. The van der Waals surface area contributed by atoms with Crippen LogP contribution in [0.2, 0.25) is 0 Å². The first-order valence-corrected chi connectivity index (χ1v) is 9.77. The van der Waals surface area contributed by atoms with Crippen LogP contribution in [0.4, 0.5) is 0 Å². The lowest BCUT2D eigenvalue weighted by Gasteiger charge is -2.26. The van der Waals surface area contributed by atoms with Gasteiger partial charge in [0.05, 0.1) is 6.54 Å². The van der Waals surface area contributed by atoms with Crippen LogP contribution in [-0.2, 0) is 21.2 Å². The molecule has 0 saturated heterocycles. The van der Waals surface area contributed by atoms with E-state index in [4.69, 9.17) is 4.52 Å². The Kier molecular flexibility index (Phi) is 5.87. The maximum atomic E-state index is 12.3. The van der Waals surface area contributed by atoms with Gasteiger partial charge in [-0.1, -0.05) is 35.0 Å². The molecule has 1 amide bonds. The smallest absolute Gasteiger partial charge is 0.246 e. The maximum absolute atomic E-state index is 12.3. The summed E-state index contributed by atoms with van der Waals surface area (Å²) in [5, 5.41) is 6.49. The van der Waals surface area contributed by atoms with E-state index in [0.29, 0.717) is 6.42 Å². The Morgan fingerprint density at radius 3 is 2.31 bits per heavy atom. The number of aromatic nitrogens is 1. The Morgan fingerprint density at radius 1 is 1.15 bits per heavy atom. The Hall–Kier alpha value is -2.19. The fourth-order valence-electron chi connectivity index (χ4n) is 2.77. The van der Waals surface area contributed by atoms with E-state index in [1.165, 1.54) is 19.4 Å². The summed E-state index contributed by atoms with van der Waals surface area (Å²) in [4.78, 5) is 12.2. The summed E-state index contributed by atoms with van der Waals surface area (Å²) in [6.07, 6.45) is 0.635. The van der Waals surface area contributed by atoms with Gasteiger partial charge in [0.25, 0.3) is 0 Å². The average molecular weight is 379 g/mol. The molecule has 1 aromatic heterocycles. The molecule has 0 radical (unpaired) electrons. The second-order valence-corrected chi connectivity index (χ2v) is 8.78. The number of amides is 1. The van der Waals surface area contributed by atoms with E-state index in [1.807, 2.05) is 45.0 Å². The summed E-state index contributed by atoms with van der Waals surface area (Å²) in [6.45, 7) is 8.50. The average Bonchev–Trinajstić information content (AvgIpc) is 2.87. The van der Waals surface area contributed by atoms with Gasteiger partial charge in [0.15, 0.2) is 5.76 Å². The molecule has 0 aliphatic heterocycles. The van der Waals surface area contributed by atoms with Gasteiger partial charge in [-0.25, -0.2) is 13.1 Å². The summed E-state index contributed by atoms with van der Waals surface area (Å²) in [5.74, 6) is -0.215. The number of carbonyl (C=O) groups excluding carboxylic acids is 1. The van der Waals surface area contributed by atoms with E-state index in [9.17, 15) is 13.2 Å². The van der Waals surface area contributed by atoms with Gasteiger partial charge in [-0.05, 0) is 46.6 Å². The molecule has 0 fully saturated rings. The Morgan fingerprint density at radius 2 is 1.77 bits per heavy atom. The third kappa shape index (κ3) is 5.15. The van der Waals surface area contributed by atoms with Gasteiger partial charge in [0.1, 0.15) is 10.6 Å². The van der Waals surface area contributed by atoms with Gasteiger partial charge in [-0.2, -0.15) is 0 Å². The van der Waals surface area contributed by atoms with Crippen LogP contribution in [0.15, 0.2) is 33.7 Å². The second kappa shape index (κ2) is 7.59. The zero-order valence-electron chi connectivity index (χ0n) is 15.7. The van der Waals surface area contributed by atoms with Crippen molar-refractivity contribution in [3.8, 4) is 0 Å². The van der Waals surface area contributed by atoms with Crippen LogP contribution in [-0.4, -0.2) is 31.6 Å². The Balaban J connectivity index is 1.96. The van der Waals surface area contributed by atoms with Crippen molar-refractivity contribution in [2.24, 2.45) is 0 Å². The molecule has 2 N–H and O–H groups in total. The summed E-state index contributed by atoms with van der Waals surface area (Å²) in [6, 6.07) is 8.07. The van der Waals surface area contributed by atoms with Crippen molar-refractivity contribution >= 4 is 15.9 Å². The van der Waals surface area contributed by atoms with Crippen LogP contribution >= 0.6 is 0 Å². The topological polar surface area (TPSA) is 101 Å². The molecule has 0 bridgehead atoms. The van der Waals surface area contributed by atoms with Crippen LogP contribution in [0.1, 0.15) is 36.4 Å². The van der Waals surface area contributed by atoms with Crippen molar-refractivity contribution in [1.29, 1.82) is 0 Å². The number of nitrogens with zero attached hydrogens (tertiary/aromatic N) is 1. The van der Waals surface area contributed by atoms with Crippen molar-refractivity contribution in [3.05, 3.63) is 46.8 Å². The number of nitrogens with one attached hydrogen (secondary N) is 2. The molecular formula is C18H25N3O4S. The molecule has 1 heterocycles. The predicted octanol–water partition coefficient (Wildman–Crippen LogP) is 2.02. The van der Waals surface area contributed by atoms with Crippen LogP contribution in [0, 0.1) is 20.8 Å². The van der Waals surface area contributed by atoms with E-state index >= 15 is 0 Å². The molecule has 7 nitrogen and oxygen atoms in total. The van der Waals surface area contributed by atoms with Crippen molar-refractivity contribution in [3.63, 3.8) is 0 Å². The molecule has 26 heavy (non-hydrogen) atoms. The van der Waals surface area contributed by atoms with E-state index in [1.54, 1.807) is 0 Å². The number of hydrogen-bond acceptors (Lipinski definition) is 5. The quantitative estimate of drug-likeness (QED) is 0.766. The number of carbonyl (C=O) groups is 1. The molecule has 0 unspecified atom stereocenters. The number of aryl methyl sites for hydroxylation is 3.